The molecule has 12 heterocycles. The molecule has 5 aromatic carbocycles. The first kappa shape index (κ1) is 106. The Labute approximate surface area is 805 Å². The van der Waals surface area contributed by atoms with Crippen molar-refractivity contribution < 1.29 is 204 Å². The van der Waals surface area contributed by atoms with Crippen molar-refractivity contribution in [1.82, 2.24) is 0 Å². The van der Waals surface area contributed by atoms with Crippen molar-refractivity contribution in [1.29, 1.82) is 5.41 Å². The summed E-state index contributed by atoms with van der Waals surface area (Å²) < 4.78 is 128. The molecule has 2 aromatic heterocycles. The molecule has 10 aliphatic rings. The molecule has 10 aliphatic heterocycles. The van der Waals surface area contributed by atoms with Crippen LogP contribution in [0.25, 0.3) is 21.9 Å². The Balaban J connectivity index is 0.000000168. The summed E-state index contributed by atoms with van der Waals surface area (Å²) in [7, 11) is 0. The van der Waals surface area contributed by atoms with Crippen molar-refractivity contribution in [3.63, 3.8) is 0 Å². The number of phenols is 1. The molecule has 51 heteroatoms. The van der Waals surface area contributed by atoms with E-state index in [4.69, 9.17) is 175 Å². The van der Waals surface area contributed by atoms with E-state index in [0.29, 0.717) is 28.9 Å². The summed E-state index contributed by atoms with van der Waals surface area (Å²) in [4.78, 5) is 124. The molecule has 0 bridgehead atoms. The molecule has 24 atom stereocenters. The smallest absolute Gasteiger partial charge is 0.508 e. The normalized spacial score (nSPS) is 28.4. The maximum Gasteiger partial charge on any atom is 0.509 e. The number of alkyl halides is 4. The number of phenolic OH excluding ortho intramolecular Hbond substituents is 1. The number of nitrogens with one attached hydrogen (secondary N) is 3. The number of aliphatic hydroxyl groups excluding tert-OH is 8. The molecule has 47 nitrogen and oxygen atoms in total. The summed E-state index contributed by atoms with van der Waals surface area (Å²) in [6.07, 6.45) is -24.4. The first-order chi connectivity index (χ1) is 65.7. The van der Waals surface area contributed by atoms with E-state index in [1.807, 2.05) is 114 Å². The van der Waals surface area contributed by atoms with Gasteiger partial charge in [-0.05, 0) is 58.0 Å². The molecule has 0 saturated carbocycles. The van der Waals surface area contributed by atoms with Gasteiger partial charge in [-0.2, -0.15) is 0 Å². The van der Waals surface area contributed by atoms with Crippen LogP contribution in [0.5, 0.6) is 11.5 Å². The van der Waals surface area contributed by atoms with Gasteiger partial charge < -0.3 is 170 Å². The molecule has 0 aliphatic carbocycles. The van der Waals surface area contributed by atoms with E-state index in [0.717, 1.165) is 16.7 Å². The summed E-state index contributed by atoms with van der Waals surface area (Å²) in [5, 5.41) is 94.8. The number of amides is 2. The van der Waals surface area contributed by atoms with E-state index in [1.165, 1.54) is 65.0 Å². The highest BCUT2D eigenvalue weighted by atomic mass is 127. The maximum atomic E-state index is 12.0. The van der Waals surface area contributed by atoms with Crippen molar-refractivity contribution in [3.05, 3.63) is 177 Å². The van der Waals surface area contributed by atoms with Gasteiger partial charge in [-0.15, -0.1) is 0 Å². The summed E-state index contributed by atoms with van der Waals surface area (Å²) in [5.74, 6) is -2.62. The Morgan fingerprint density at radius 3 is 1.13 bits per heavy atom. The number of rotatable bonds is 23. The quantitative estimate of drug-likeness (QED) is 0.00788. The highest BCUT2D eigenvalue weighted by Crippen LogP contribution is 2.40. The van der Waals surface area contributed by atoms with E-state index in [-0.39, 0.29) is 79.6 Å². The maximum absolute atomic E-state index is 12.0. The largest absolute Gasteiger partial charge is 0.509 e. The topological polar surface area (TPSA) is 647 Å². The molecular formula is C86H95Cl3IN3O44. The number of hydrogen-bond acceptors (Lipinski definition) is 45. The molecule has 12 N–H and O–H groups in total. The fraction of sp³-hybridized carbons (Fsp3) is 0.465. The van der Waals surface area contributed by atoms with E-state index in [2.05, 4.69) is 15.4 Å². The first-order valence-corrected chi connectivity index (χ1v) is 43.7. The third-order valence-electron chi connectivity index (χ3n) is 20.0. The number of hydrogen-bond donors (Lipinski definition) is 12. The fourth-order valence-corrected chi connectivity index (χ4v) is 13.9. The molecule has 0 spiro atoms. The second-order valence-electron chi connectivity index (χ2n) is 30.0. The lowest BCUT2D eigenvalue weighted by atomic mass is 10.1. The van der Waals surface area contributed by atoms with Gasteiger partial charge in [0.2, 0.25) is 42.5 Å². The molecule has 746 valence electrons. The van der Waals surface area contributed by atoms with Crippen LogP contribution in [-0.2, 0) is 143 Å². The molecule has 0 radical (unpaired) electrons. The van der Waals surface area contributed by atoms with Crippen LogP contribution in [0, 0.1) is 5.41 Å². The third kappa shape index (κ3) is 30.5. The van der Waals surface area contributed by atoms with E-state index < -0.39 is 224 Å². The third-order valence-corrected chi connectivity index (χ3v) is 20.6. The zero-order valence-electron chi connectivity index (χ0n) is 73.5. The highest BCUT2D eigenvalue weighted by molar-refractivity contribution is 14.1. The van der Waals surface area contributed by atoms with E-state index in [1.54, 1.807) is 18.2 Å². The van der Waals surface area contributed by atoms with Crippen LogP contribution in [0.3, 0.4) is 0 Å². The van der Waals surface area contributed by atoms with Crippen molar-refractivity contribution in [2.45, 2.75) is 206 Å². The number of carbonyl (C=O) groups excluding carboxylic acids is 9. The molecule has 2 amide bonds. The van der Waals surface area contributed by atoms with Gasteiger partial charge in [0, 0.05) is 58.9 Å². The fourth-order valence-electron chi connectivity index (χ4n) is 13.7. The average Bonchev–Trinajstić information content (AvgIpc) is 1.58. The Morgan fingerprint density at radius 1 is 0.423 bits per heavy atom. The summed E-state index contributed by atoms with van der Waals surface area (Å²) in [6.45, 7) is 5.97. The van der Waals surface area contributed by atoms with Crippen LogP contribution in [0.1, 0.15) is 52.7 Å². The number of halogens is 4. The van der Waals surface area contributed by atoms with E-state index in [9.17, 15) is 73.2 Å². The van der Waals surface area contributed by atoms with Gasteiger partial charge in [-0.1, -0.05) is 148 Å². The SMILES string of the molecule is CC(=O)Nc1cc2ccc(O)cc2oc1=O.CC(=O)Nc1cc2ccc(O[C@@H]3O[C@H](COC(C)=O)[C@@H]4OC(=O)OC34)cc2oc1=O.CC(=O)OC[C@H]1O[C@@H](OC(=N)C(Cl)(Cl)Cl)[C@@H]2OC(=O)O[C@@H]21.CC(=O)OC[C@H]1O[C@@H](OCc2ccccc2)[C@@H]2OC(=O)O[C@@H]21.O=C1O[C@H]2[C@H](OCc3ccccc3)O[C@H](CO)[C@H]2O1.OC[C@H]1O[C@@H](O)[C@H](O)[C@@H]1O.OC[C@H]1O[C@@H](OCc2ccccc2)[C@H](O)[C@@H]1O.[2H]CI. The second-order valence-corrected chi connectivity index (χ2v) is 32.3. The van der Waals surface area contributed by atoms with Crippen LogP contribution in [0.4, 0.5) is 30.6 Å². The lowest BCUT2D eigenvalue weighted by Crippen LogP contribution is -2.35. The standard InChI is InChI=1S/C19H17NO10.C15H16O7.C13H14O6.C12H16O5.C11H9NO4.C10H10Cl3NO7.C5H10O5.CH3I/c1-8(21)20-12-5-10-3-4-11(6-13(10)27-17(12)23)26-18-16-15(29-19(24)30-16)14(28-18)7-25-9(2)22;1-9(16)18-8-11-12-13(22-15(17)21-12)14(20-11)19-7-10-5-3-2-4-6-10;14-6-9-10-11(19-13(15)18-10)12(17-9)16-7-8-4-2-1-3-5-8;13-6-9-10(14)11(15)12(17-9)16-7-8-4-2-1-3-5-8;1-6(13)12-9-4-7-2-3-8(14)5-10(7)16-11(9)15;1-3(15)17-2-4-5-6(20-9(16)19-5)7(18-4)21-8(14)10(11,12)13;6-1-2-3(7)4(8)5(9)10-2;1-2/h3-6,14-16,18H,7H2,1-2H3,(H,20,21);2-6,11-14H,7-8H2,1H3;1-5,9-12,14H,6-7H2;1-5,9-15H,6-7H2;2-5,14H,1H3,(H,12,13);4-7,14H,2H2,1H3;2-9H,1H2;1H3/t14-,15+,16?,18-;11-,12-,13-,14-;2*9-,10-,11-,12-;;4-,5-,6-,7+;2-,3-,4-,5-;/m1111.11./s1/i;;;;;;;1D. The van der Waals surface area contributed by atoms with Crippen molar-refractivity contribution in [2.75, 3.05) is 55.2 Å². The second kappa shape index (κ2) is 51.0. The minimum Gasteiger partial charge on any atom is -0.508 e. The van der Waals surface area contributed by atoms with Gasteiger partial charge in [0.15, 0.2) is 61.8 Å². The summed E-state index contributed by atoms with van der Waals surface area (Å²) in [5.41, 5.74) is 2.15. The minimum atomic E-state index is -2.09. The number of ether oxygens (including phenoxy) is 22. The van der Waals surface area contributed by atoms with Crippen LogP contribution in [0.2, 0.25) is 0 Å². The molecule has 10 saturated heterocycles. The van der Waals surface area contributed by atoms with Crippen LogP contribution in [0.15, 0.2) is 158 Å². The Hall–Kier alpha value is -11.1. The number of aliphatic hydroxyl groups is 8. The van der Waals surface area contributed by atoms with Gasteiger partial charge in [-0.25, -0.2) is 28.8 Å². The molecule has 1 unspecified atom stereocenters. The van der Waals surface area contributed by atoms with Crippen LogP contribution >= 0.6 is 57.4 Å². The molecule has 17 rings (SSSR count). The summed E-state index contributed by atoms with van der Waals surface area (Å²) in [6, 6.07) is 40.7. The van der Waals surface area contributed by atoms with Gasteiger partial charge in [0.1, 0.15) is 115 Å². The van der Waals surface area contributed by atoms with Gasteiger partial charge in [0.05, 0.1) is 39.6 Å². The predicted molar refractivity (Wildman–Crippen MR) is 469 cm³/mol. The minimum absolute atomic E-state index is 0.0155. The lowest BCUT2D eigenvalue weighted by molar-refractivity contribution is -0.183. The number of aromatic hydroxyl groups is 1. The van der Waals surface area contributed by atoms with Gasteiger partial charge in [-0.3, -0.25) is 29.4 Å². The van der Waals surface area contributed by atoms with Crippen molar-refractivity contribution in [3.8, 4) is 11.5 Å². The lowest BCUT2D eigenvalue weighted by Gasteiger charge is -2.20. The van der Waals surface area contributed by atoms with Gasteiger partial charge >= 0.3 is 53.8 Å². The number of esters is 3. The van der Waals surface area contributed by atoms with E-state index >= 15 is 0 Å². The predicted octanol–water partition coefficient (Wildman–Crippen LogP) is 4.65. The molecule has 137 heavy (non-hydrogen) atoms. The zero-order valence-corrected chi connectivity index (χ0v) is 77.0. The van der Waals surface area contributed by atoms with Crippen molar-refractivity contribution >= 4 is 151 Å². The van der Waals surface area contributed by atoms with Crippen LogP contribution < -0.4 is 26.6 Å². The van der Waals surface area contributed by atoms with Crippen LogP contribution in [-0.4, -0.2) is 302 Å². The number of carbonyl (C=O) groups is 9. The molecule has 10 fully saturated rings. The van der Waals surface area contributed by atoms with Gasteiger partial charge in [0.25, 0.3) is 3.79 Å². The number of benzene rings is 5. The van der Waals surface area contributed by atoms with Crippen molar-refractivity contribution in [2.24, 2.45) is 0 Å². The Kier molecular flexibility index (Phi) is 39.6. The Bertz CT molecular complexity index is 5390. The number of anilines is 2. The summed E-state index contributed by atoms with van der Waals surface area (Å²) >= 11 is 18.4. The number of fused-ring (bicyclic) bond motifs is 6. The monoisotopic (exact) mass is 2110 g/mol. The molecule has 7 aromatic rings. The average molecular weight is 2110 g/mol. The molecular weight excluding hydrogens is 2010 g/mol. The first-order valence-electron chi connectivity index (χ1n) is 41.7. The zero-order chi connectivity index (χ0) is 100. The highest BCUT2D eigenvalue weighted by Gasteiger charge is 2.60. The Morgan fingerprint density at radius 2 is 0.759 bits per heavy atom.